The van der Waals surface area contributed by atoms with Crippen LogP contribution in [0.5, 0.6) is 5.75 Å². The molecule has 0 radical (unpaired) electrons. The van der Waals surface area contributed by atoms with E-state index in [1.54, 1.807) is 30.3 Å². The van der Waals surface area contributed by atoms with Crippen LogP contribution in [0, 0.1) is 0 Å². The molecule has 0 aliphatic carbocycles. The lowest BCUT2D eigenvalue weighted by molar-refractivity contribution is 0.0998. The van der Waals surface area contributed by atoms with E-state index in [2.05, 4.69) is 5.32 Å². The Morgan fingerprint density at radius 1 is 1.09 bits per heavy atom. The molecular formula is C17H18ClNO3. The number of nitrogens with one attached hydrogen (secondary N) is 1. The first kappa shape index (κ1) is 16.3. The predicted octanol–water partition coefficient (Wildman–Crippen LogP) is 4.01. The zero-order valence-corrected chi connectivity index (χ0v) is 13.1. The number of hydrogen-bond donors (Lipinski definition) is 1. The summed E-state index contributed by atoms with van der Waals surface area (Å²) in [6, 6.07) is 14.2. The van der Waals surface area contributed by atoms with Crippen LogP contribution in [-0.4, -0.2) is 25.7 Å². The minimum atomic E-state index is -0.264. The Kier molecular flexibility index (Phi) is 6.25. The van der Waals surface area contributed by atoms with Crippen LogP contribution in [0.4, 0.5) is 5.69 Å². The highest BCUT2D eigenvalue weighted by molar-refractivity contribution is 6.33. The van der Waals surface area contributed by atoms with E-state index < -0.39 is 0 Å². The van der Waals surface area contributed by atoms with E-state index in [-0.39, 0.29) is 5.91 Å². The summed E-state index contributed by atoms with van der Waals surface area (Å²) < 4.78 is 10.8. The predicted molar refractivity (Wildman–Crippen MR) is 87.8 cm³/mol. The lowest BCUT2D eigenvalue weighted by atomic mass is 10.2. The number of hydrogen-bond acceptors (Lipinski definition) is 3. The topological polar surface area (TPSA) is 47.6 Å². The highest BCUT2D eigenvalue weighted by Gasteiger charge is 2.13. The molecule has 0 aliphatic heterocycles. The largest absolute Gasteiger partial charge is 0.490 e. The number of benzene rings is 2. The molecule has 1 N–H and O–H groups in total. The second kappa shape index (κ2) is 8.41. The third-order valence-corrected chi connectivity index (χ3v) is 3.27. The van der Waals surface area contributed by atoms with Crippen molar-refractivity contribution in [2.75, 3.05) is 25.1 Å². The summed E-state index contributed by atoms with van der Waals surface area (Å²) in [5.41, 5.74) is 1.03. The van der Waals surface area contributed by atoms with E-state index in [1.807, 2.05) is 25.1 Å². The first-order chi connectivity index (χ1) is 10.7. The minimum Gasteiger partial charge on any atom is -0.490 e. The smallest absolute Gasteiger partial charge is 0.259 e. The average molecular weight is 320 g/mol. The number of para-hydroxylation sites is 2. The highest BCUT2D eigenvalue weighted by atomic mass is 35.5. The van der Waals surface area contributed by atoms with Gasteiger partial charge in [-0.1, -0.05) is 35.9 Å². The van der Waals surface area contributed by atoms with Crippen LogP contribution < -0.4 is 10.1 Å². The maximum Gasteiger partial charge on any atom is 0.259 e. The summed E-state index contributed by atoms with van der Waals surface area (Å²) in [5, 5.41) is 3.28. The van der Waals surface area contributed by atoms with Crippen molar-refractivity contribution < 1.29 is 14.3 Å². The van der Waals surface area contributed by atoms with E-state index in [0.717, 1.165) is 0 Å². The van der Waals surface area contributed by atoms with Gasteiger partial charge in [0.15, 0.2) is 0 Å². The van der Waals surface area contributed by atoms with E-state index in [4.69, 9.17) is 21.1 Å². The first-order valence-corrected chi connectivity index (χ1v) is 7.45. The molecule has 0 fully saturated rings. The molecule has 116 valence electrons. The Balaban J connectivity index is 2.07. The number of carbonyl (C=O) groups is 1. The maximum atomic E-state index is 12.4. The molecule has 0 aromatic heterocycles. The fourth-order valence-electron chi connectivity index (χ4n) is 1.89. The summed E-state index contributed by atoms with van der Waals surface area (Å²) in [4.78, 5) is 12.4. The molecule has 0 aliphatic rings. The van der Waals surface area contributed by atoms with Gasteiger partial charge in [0.1, 0.15) is 12.4 Å². The molecule has 5 heteroatoms. The van der Waals surface area contributed by atoms with Crippen molar-refractivity contribution in [1.82, 2.24) is 0 Å². The zero-order chi connectivity index (χ0) is 15.8. The summed E-state index contributed by atoms with van der Waals surface area (Å²) in [6.45, 7) is 3.43. The molecular weight excluding hydrogens is 302 g/mol. The van der Waals surface area contributed by atoms with Gasteiger partial charge in [0, 0.05) is 6.61 Å². The molecule has 2 aromatic rings. The Labute approximate surface area is 135 Å². The molecule has 0 saturated carbocycles. The van der Waals surface area contributed by atoms with Gasteiger partial charge in [-0.3, -0.25) is 4.79 Å². The third-order valence-electron chi connectivity index (χ3n) is 2.94. The Hall–Kier alpha value is -2.04. The Morgan fingerprint density at radius 2 is 1.82 bits per heavy atom. The van der Waals surface area contributed by atoms with Gasteiger partial charge in [0.25, 0.3) is 5.91 Å². The Morgan fingerprint density at radius 3 is 2.59 bits per heavy atom. The van der Waals surface area contributed by atoms with Crippen LogP contribution in [0.3, 0.4) is 0 Å². The van der Waals surface area contributed by atoms with Gasteiger partial charge >= 0.3 is 0 Å². The average Bonchev–Trinajstić information content (AvgIpc) is 2.54. The van der Waals surface area contributed by atoms with Crippen molar-refractivity contribution in [3.63, 3.8) is 0 Å². The van der Waals surface area contributed by atoms with Crippen molar-refractivity contribution in [3.8, 4) is 5.75 Å². The highest BCUT2D eigenvalue weighted by Crippen LogP contribution is 2.24. The molecule has 0 bridgehead atoms. The van der Waals surface area contributed by atoms with E-state index in [1.165, 1.54) is 0 Å². The van der Waals surface area contributed by atoms with Crippen LogP contribution >= 0.6 is 11.6 Å². The number of carbonyl (C=O) groups excluding carboxylic acids is 1. The SMILES string of the molecule is CCOCCOc1ccccc1C(=O)Nc1ccccc1Cl. The lowest BCUT2D eigenvalue weighted by Crippen LogP contribution is -2.15. The number of anilines is 1. The summed E-state index contributed by atoms with van der Waals surface area (Å²) >= 11 is 6.05. The molecule has 0 heterocycles. The fraction of sp³-hybridized carbons (Fsp3) is 0.235. The van der Waals surface area contributed by atoms with Gasteiger partial charge in [0.05, 0.1) is 22.9 Å². The van der Waals surface area contributed by atoms with Crippen LogP contribution in [0.2, 0.25) is 5.02 Å². The zero-order valence-electron chi connectivity index (χ0n) is 12.3. The second-order valence-electron chi connectivity index (χ2n) is 4.48. The summed E-state index contributed by atoms with van der Waals surface area (Å²) in [7, 11) is 0. The Bertz CT molecular complexity index is 631. The van der Waals surface area contributed by atoms with Gasteiger partial charge in [-0.2, -0.15) is 0 Å². The molecule has 0 saturated heterocycles. The van der Waals surface area contributed by atoms with Crippen molar-refractivity contribution in [3.05, 3.63) is 59.1 Å². The molecule has 4 nitrogen and oxygen atoms in total. The molecule has 0 unspecified atom stereocenters. The molecule has 22 heavy (non-hydrogen) atoms. The van der Waals surface area contributed by atoms with Gasteiger partial charge in [-0.05, 0) is 31.2 Å². The normalized spacial score (nSPS) is 10.3. The minimum absolute atomic E-state index is 0.264. The molecule has 0 spiro atoms. The van der Waals surface area contributed by atoms with E-state index >= 15 is 0 Å². The number of halogens is 1. The van der Waals surface area contributed by atoms with Gasteiger partial charge in [-0.15, -0.1) is 0 Å². The van der Waals surface area contributed by atoms with Crippen molar-refractivity contribution in [2.24, 2.45) is 0 Å². The molecule has 0 atom stereocenters. The second-order valence-corrected chi connectivity index (χ2v) is 4.88. The number of rotatable bonds is 7. The molecule has 1 amide bonds. The monoisotopic (exact) mass is 319 g/mol. The fourth-order valence-corrected chi connectivity index (χ4v) is 2.07. The van der Waals surface area contributed by atoms with Crippen LogP contribution in [0.1, 0.15) is 17.3 Å². The van der Waals surface area contributed by atoms with Crippen molar-refractivity contribution in [1.29, 1.82) is 0 Å². The maximum absolute atomic E-state index is 12.4. The third kappa shape index (κ3) is 4.48. The summed E-state index contributed by atoms with van der Waals surface area (Å²) in [5.74, 6) is 0.256. The van der Waals surface area contributed by atoms with Crippen LogP contribution in [0.25, 0.3) is 0 Å². The number of amides is 1. The van der Waals surface area contributed by atoms with Gasteiger partial charge in [0.2, 0.25) is 0 Å². The quantitative estimate of drug-likeness (QED) is 0.784. The molecule has 2 rings (SSSR count). The van der Waals surface area contributed by atoms with E-state index in [9.17, 15) is 4.79 Å². The van der Waals surface area contributed by atoms with E-state index in [0.29, 0.717) is 41.8 Å². The first-order valence-electron chi connectivity index (χ1n) is 7.08. The standard InChI is InChI=1S/C17H18ClNO3/c1-2-21-11-12-22-16-10-6-3-7-13(16)17(20)19-15-9-5-4-8-14(15)18/h3-10H,2,11-12H2,1H3,(H,19,20). The summed E-state index contributed by atoms with van der Waals surface area (Å²) in [6.07, 6.45) is 0. The van der Waals surface area contributed by atoms with Crippen molar-refractivity contribution in [2.45, 2.75) is 6.92 Å². The van der Waals surface area contributed by atoms with Crippen molar-refractivity contribution >= 4 is 23.2 Å². The van der Waals surface area contributed by atoms with Gasteiger partial charge in [-0.25, -0.2) is 0 Å². The van der Waals surface area contributed by atoms with Crippen LogP contribution in [-0.2, 0) is 4.74 Å². The lowest BCUT2D eigenvalue weighted by Gasteiger charge is -2.12. The number of ether oxygens (including phenoxy) is 2. The molecule has 2 aromatic carbocycles. The van der Waals surface area contributed by atoms with Gasteiger partial charge < -0.3 is 14.8 Å². The van der Waals surface area contributed by atoms with Crippen LogP contribution in [0.15, 0.2) is 48.5 Å².